The van der Waals surface area contributed by atoms with Crippen LogP contribution < -0.4 is 0 Å². The molecule has 0 saturated carbocycles. The Morgan fingerprint density at radius 1 is 0.397 bits per heavy atom. The molecule has 0 saturated heterocycles. The molecule has 1 aliphatic rings. The van der Waals surface area contributed by atoms with Crippen LogP contribution in [0.2, 0.25) is 0 Å². The van der Waals surface area contributed by atoms with E-state index in [9.17, 15) is 0 Å². The van der Waals surface area contributed by atoms with Crippen molar-refractivity contribution >= 4 is 107 Å². The van der Waals surface area contributed by atoms with Crippen LogP contribution in [0.25, 0.3) is 129 Å². The average molecular weight is 773 g/mol. The summed E-state index contributed by atoms with van der Waals surface area (Å²) in [5.74, 6) is 0.675. The van der Waals surface area contributed by atoms with Gasteiger partial charge >= 0.3 is 0 Å². The first kappa shape index (κ1) is 31.0. The fourth-order valence-electron chi connectivity index (χ4n) is 9.97. The number of para-hydroxylation sites is 3. The van der Waals surface area contributed by atoms with Gasteiger partial charge in [0.25, 0.3) is 0 Å². The summed E-state index contributed by atoms with van der Waals surface area (Å²) in [6.45, 7) is 0. The average Bonchev–Trinajstić information content (AvgIpc) is 4.01. The maximum absolute atomic E-state index is 5.72. The van der Waals surface area contributed by atoms with Crippen LogP contribution in [0.3, 0.4) is 0 Å². The summed E-state index contributed by atoms with van der Waals surface area (Å²) in [5, 5.41) is 8.49. The first-order valence-corrected chi connectivity index (χ1v) is 21.2. The molecule has 1 aliphatic heterocycles. The van der Waals surface area contributed by atoms with Gasteiger partial charge in [0.15, 0.2) is 0 Å². The van der Waals surface area contributed by atoms with Crippen molar-refractivity contribution in [1.29, 1.82) is 0 Å². The molecule has 5 aromatic heterocycles. The van der Waals surface area contributed by atoms with E-state index in [0.717, 1.165) is 37.9 Å². The SMILES string of the molecule is c1ccc2c(c1)-c1ccccc1-n1c3ccccc3c3cc4c(c-2c31)c1ccccc1n4-c1nc(-c2cccc3sc4ccccc4c23)c2sc3ccccc3c2n1. The van der Waals surface area contributed by atoms with E-state index >= 15 is 0 Å². The zero-order valence-corrected chi connectivity index (χ0v) is 32.4. The van der Waals surface area contributed by atoms with Crippen molar-refractivity contribution in [3.63, 3.8) is 0 Å². The lowest BCUT2D eigenvalue weighted by Crippen LogP contribution is -2.03. The Morgan fingerprint density at radius 3 is 1.86 bits per heavy atom. The summed E-state index contributed by atoms with van der Waals surface area (Å²) in [6, 6.07) is 62.0. The molecule has 13 aromatic rings. The van der Waals surface area contributed by atoms with Crippen molar-refractivity contribution in [3.05, 3.63) is 170 Å². The second-order valence-electron chi connectivity index (χ2n) is 15.2. The Labute approximate surface area is 339 Å². The van der Waals surface area contributed by atoms with Gasteiger partial charge in [0.05, 0.1) is 43.7 Å². The van der Waals surface area contributed by atoms with Crippen molar-refractivity contribution in [3.8, 4) is 45.1 Å². The summed E-state index contributed by atoms with van der Waals surface area (Å²) in [6.07, 6.45) is 0. The van der Waals surface area contributed by atoms with E-state index in [1.807, 2.05) is 11.3 Å². The van der Waals surface area contributed by atoms with Gasteiger partial charge in [-0.1, -0.05) is 127 Å². The largest absolute Gasteiger partial charge is 0.308 e. The van der Waals surface area contributed by atoms with Crippen LogP contribution >= 0.6 is 22.7 Å². The van der Waals surface area contributed by atoms with Crippen molar-refractivity contribution in [2.45, 2.75) is 0 Å². The second-order valence-corrected chi connectivity index (χ2v) is 17.4. The molecule has 8 aromatic carbocycles. The van der Waals surface area contributed by atoms with Crippen LogP contribution in [0, 0.1) is 0 Å². The molecule has 0 unspecified atom stereocenters. The number of hydrogen-bond donors (Lipinski definition) is 0. The third-order valence-electron chi connectivity index (χ3n) is 12.3. The maximum atomic E-state index is 5.72. The molecule has 0 atom stereocenters. The molecule has 58 heavy (non-hydrogen) atoms. The zero-order chi connectivity index (χ0) is 37.6. The Kier molecular flexibility index (Phi) is 6.02. The summed E-state index contributed by atoms with van der Waals surface area (Å²) in [7, 11) is 0. The zero-order valence-electron chi connectivity index (χ0n) is 30.8. The fraction of sp³-hybridized carbons (Fsp3) is 0. The number of fused-ring (bicyclic) bond motifs is 18. The van der Waals surface area contributed by atoms with Gasteiger partial charge in [-0.25, -0.2) is 9.97 Å². The molecule has 6 heterocycles. The van der Waals surface area contributed by atoms with Crippen molar-refractivity contribution in [2.75, 3.05) is 0 Å². The van der Waals surface area contributed by atoms with Gasteiger partial charge in [-0.2, -0.15) is 0 Å². The maximum Gasteiger partial charge on any atom is 0.235 e. The normalized spacial score (nSPS) is 12.5. The monoisotopic (exact) mass is 772 g/mol. The van der Waals surface area contributed by atoms with Gasteiger partial charge < -0.3 is 4.57 Å². The molecular weight excluding hydrogens is 745 g/mol. The molecule has 14 rings (SSSR count). The minimum Gasteiger partial charge on any atom is -0.308 e. The van der Waals surface area contributed by atoms with Crippen LogP contribution in [0.1, 0.15) is 0 Å². The highest BCUT2D eigenvalue weighted by Crippen LogP contribution is 2.52. The molecule has 0 spiro atoms. The molecule has 0 N–H and O–H groups in total. The summed E-state index contributed by atoms with van der Waals surface area (Å²) in [5.41, 5.74) is 13.8. The summed E-state index contributed by atoms with van der Waals surface area (Å²) in [4.78, 5) is 11.3. The minimum absolute atomic E-state index is 0.675. The van der Waals surface area contributed by atoms with Gasteiger partial charge in [-0.15, -0.1) is 22.7 Å². The third kappa shape index (κ3) is 3.93. The highest BCUT2D eigenvalue weighted by Gasteiger charge is 2.30. The lowest BCUT2D eigenvalue weighted by Gasteiger charge is -2.13. The van der Waals surface area contributed by atoms with E-state index < -0.39 is 0 Å². The molecule has 4 nitrogen and oxygen atoms in total. The second kappa shape index (κ2) is 11.3. The van der Waals surface area contributed by atoms with E-state index in [4.69, 9.17) is 9.97 Å². The van der Waals surface area contributed by atoms with Gasteiger partial charge in [0.2, 0.25) is 5.95 Å². The molecule has 0 amide bonds. The van der Waals surface area contributed by atoms with Crippen LogP contribution in [0.4, 0.5) is 0 Å². The van der Waals surface area contributed by atoms with Crippen molar-refractivity contribution < 1.29 is 0 Å². The number of thiophene rings is 2. The van der Waals surface area contributed by atoms with Crippen molar-refractivity contribution in [2.24, 2.45) is 0 Å². The number of hydrogen-bond acceptors (Lipinski definition) is 4. The Morgan fingerprint density at radius 2 is 1.02 bits per heavy atom. The minimum atomic E-state index is 0.675. The predicted octanol–water partition coefficient (Wildman–Crippen LogP) is 14.7. The van der Waals surface area contributed by atoms with Crippen LogP contribution in [0.15, 0.2) is 170 Å². The van der Waals surface area contributed by atoms with Gasteiger partial charge in [-0.05, 0) is 53.6 Å². The van der Waals surface area contributed by atoms with E-state index in [1.54, 1.807) is 11.3 Å². The topological polar surface area (TPSA) is 35.6 Å². The quantitative estimate of drug-likeness (QED) is 0.175. The van der Waals surface area contributed by atoms with Crippen molar-refractivity contribution in [1.82, 2.24) is 19.1 Å². The molecule has 0 bridgehead atoms. The van der Waals surface area contributed by atoms with Gasteiger partial charge in [0, 0.05) is 68.5 Å². The third-order valence-corrected chi connectivity index (χ3v) is 14.6. The van der Waals surface area contributed by atoms with Gasteiger partial charge in [0.1, 0.15) is 0 Å². The smallest absolute Gasteiger partial charge is 0.235 e. The molecule has 0 radical (unpaired) electrons. The lowest BCUT2D eigenvalue weighted by atomic mass is 9.91. The van der Waals surface area contributed by atoms with Gasteiger partial charge in [-0.3, -0.25) is 4.57 Å². The lowest BCUT2D eigenvalue weighted by molar-refractivity contribution is 1.02. The van der Waals surface area contributed by atoms with E-state index in [0.29, 0.717) is 5.95 Å². The van der Waals surface area contributed by atoms with Crippen LogP contribution in [-0.4, -0.2) is 19.1 Å². The standard InChI is InChI=1S/C52H28N4S2/c1-2-17-32-29(14-1)30-15-3-8-22-38(30)55-39-23-9-4-16-31(39)37-28-41-46(47(32)50(37)55)33-18-5-10-24-40(33)56(41)52-53-48-35-20-7-12-26-43(35)58-51(48)49(54-52)36-21-13-27-44-45(36)34-19-6-11-25-42(34)57-44/h1-28H. The first-order valence-electron chi connectivity index (χ1n) is 19.6. The molecule has 6 heteroatoms. The van der Waals surface area contributed by atoms with E-state index in [1.165, 1.54) is 85.4 Å². The number of benzene rings is 8. The highest BCUT2D eigenvalue weighted by molar-refractivity contribution is 7.26. The molecule has 268 valence electrons. The number of rotatable bonds is 2. The predicted molar refractivity (Wildman–Crippen MR) is 246 cm³/mol. The first-order chi connectivity index (χ1) is 28.8. The molecule has 0 fully saturated rings. The molecular formula is C52H28N4S2. The Bertz CT molecular complexity index is 3930. The van der Waals surface area contributed by atoms with Crippen LogP contribution in [0.5, 0.6) is 0 Å². The number of nitrogens with zero attached hydrogens (tertiary/aromatic N) is 4. The summed E-state index contributed by atoms with van der Waals surface area (Å²) < 4.78 is 9.71. The Balaban J connectivity index is 1.19. The molecule has 0 aliphatic carbocycles. The Hall–Kier alpha value is -7.12. The van der Waals surface area contributed by atoms with E-state index in [-0.39, 0.29) is 0 Å². The highest BCUT2D eigenvalue weighted by atomic mass is 32.1. The number of aromatic nitrogens is 4. The summed E-state index contributed by atoms with van der Waals surface area (Å²) >= 11 is 3.63. The fourth-order valence-corrected chi connectivity index (χ4v) is 12.2. The van der Waals surface area contributed by atoms with Crippen LogP contribution in [-0.2, 0) is 0 Å². The van der Waals surface area contributed by atoms with E-state index in [2.05, 4.69) is 179 Å².